The number of sulfonamides is 1. The average molecular weight is 390 g/mol. The second kappa shape index (κ2) is 9.18. The van der Waals surface area contributed by atoms with Crippen molar-refractivity contribution in [3.63, 3.8) is 0 Å². The maximum absolute atomic E-state index is 12.6. The van der Waals surface area contributed by atoms with Gasteiger partial charge in [0.05, 0.1) is 12.9 Å². The first kappa shape index (κ1) is 20.4. The molecule has 0 aliphatic carbocycles. The SMILES string of the molecule is CCS(=O)(=O)Nc1cccc(C(=O)N[C@H](Cc2ccccc2)C(=O)OC)c1. The van der Waals surface area contributed by atoms with Crippen molar-refractivity contribution in [2.45, 2.75) is 19.4 Å². The molecule has 0 saturated heterocycles. The molecule has 0 saturated carbocycles. The molecule has 8 heteroatoms. The van der Waals surface area contributed by atoms with Crippen molar-refractivity contribution in [2.24, 2.45) is 0 Å². The number of carbonyl (C=O) groups excluding carboxylic acids is 2. The summed E-state index contributed by atoms with van der Waals surface area (Å²) in [6, 6.07) is 14.4. The van der Waals surface area contributed by atoms with Crippen LogP contribution in [0.25, 0.3) is 0 Å². The van der Waals surface area contributed by atoms with Crippen LogP contribution in [0.3, 0.4) is 0 Å². The van der Waals surface area contributed by atoms with Crippen molar-refractivity contribution in [2.75, 3.05) is 17.6 Å². The number of ether oxygens (including phenoxy) is 1. The Morgan fingerprint density at radius 2 is 1.78 bits per heavy atom. The summed E-state index contributed by atoms with van der Waals surface area (Å²) in [5.41, 5.74) is 1.38. The van der Waals surface area contributed by atoms with Crippen LogP contribution in [0.4, 0.5) is 5.69 Å². The summed E-state index contributed by atoms with van der Waals surface area (Å²) in [6.45, 7) is 1.52. The van der Waals surface area contributed by atoms with Crippen LogP contribution in [-0.2, 0) is 26.0 Å². The Morgan fingerprint density at radius 1 is 1.07 bits per heavy atom. The van der Waals surface area contributed by atoms with Gasteiger partial charge in [0.2, 0.25) is 10.0 Å². The fourth-order valence-corrected chi connectivity index (χ4v) is 3.03. The average Bonchev–Trinajstić information content (AvgIpc) is 2.67. The van der Waals surface area contributed by atoms with Crippen molar-refractivity contribution in [3.05, 3.63) is 65.7 Å². The Balaban J connectivity index is 2.16. The lowest BCUT2D eigenvalue weighted by molar-refractivity contribution is -0.142. The number of benzene rings is 2. The van der Waals surface area contributed by atoms with Crippen LogP contribution >= 0.6 is 0 Å². The van der Waals surface area contributed by atoms with Crippen LogP contribution in [0.15, 0.2) is 54.6 Å². The van der Waals surface area contributed by atoms with Gasteiger partial charge in [-0.3, -0.25) is 9.52 Å². The molecule has 144 valence electrons. The third-order valence-electron chi connectivity index (χ3n) is 3.85. The molecule has 2 aromatic rings. The van der Waals surface area contributed by atoms with E-state index in [9.17, 15) is 18.0 Å². The fourth-order valence-electron chi connectivity index (χ4n) is 2.40. The minimum Gasteiger partial charge on any atom is -0.467 e. The van der Waals surface area contributed by atoms with E-state index in [2.05, 4.69) is 10.0 Å². The monoisotopic (exact) mass is 390 g/mol. The van der Waals surface area contributed by atoms with Gasteiger partial charge in [0.25, 0.3) is 5.91 Å². The van der Waals surface area contributed by atoms with Crippen LogP contribution < -0.4 is 10.0 Å². The molecule has 2 N–H and O–H groups in total. The number of nitrogens with one attached hydrogen (secondary N) is 2. The molecule has 7 nitrogen and oxygen atoms in total. The van der Waals surface area contributed by atoms with Gasteiger partial charge in [0.15, 0.2) is 0 Å². The van der Waals surface area contributed by atoms with E-state index in [4.69, 9.17) is 4.74 Å². The first-order chi connectivity index (χ1) is 12.8. The molecule has 0 spiro atoms. The van der Waals surface area contributed by atoms with Gasteiger partial charge in [0.1, 0.15) is 6.04 Å². The zero-order valence-electron chi connectivity index (χ0n) is 15.1. The molecule has 0 heterocycles. The molecule has 27 heavy (non-hydrogen) atoms. The molecule has 0 radical (unpaired) electrons. The molecule has 1 atom stereocenters. The predicted octanol–water partition coefficient (Wildman–Crippen LogP) is 1.96. The first-order valence-corrected chi connectivity index (χ1v) is 10.0. The quantitative estimate of drug-likeness (QED) is 0.671. The van der Waals surface area contributed by atoms with Crippen LogP contribution in [0, 0.1) is 0 Å². The number of hydrogen-bond acceptors (Lipinski definition) is 5. The highest BCUT2D eigenvalue weighted by atomic mass is 32.2. The van der Waals surface area contributed by atoms with Crippen molar-refractivity contribution in [1.82, 2.24) is 5.32 Å². The summed E-state index contributed by atoms with van der Waals surface area (Å²) in [6.07, 6.45) is 0.279. The Hall–Kier alpha value is -2.87. The minimum atomic E-state index is -3.45. The van der Waals surface area contributed by atoms with Crippen LogP contribution in [0.2, 0.25) is 0 Å². The van der Waals surface area contributed by atoms with E-state index in [-0.39, 0.29) is 23.4 Å². The highest BCUT2D eigenvalue weighted by Crippen LogP contribution is 2.13. The lowest BCUT2D eigenvalue weighted by atomic mass is 10.1. The molecule has 0 aromatic heterocycles. The standard InChI is InChI=1S/C19H22N2O5S/c1-3-27(24,25)21-16-11-7-10-15(13-16)18(22)20-17(19(23)26-2)12-14-8-5-4-6-9-14/h4-11,13,17,21H,3,12H2,1-2H3,(H,20,22)/t17-/m1/s1. The van der Waals surface area contributed by atoms with Crippen LogP contribution in [0.5, 0.6) is 0 Å². The van der Waals surface area contributed by atoms with Crippen molar-refractivity contribution in [1.29, 1.82) is 0 Å². The van der Waals surface area contributed by atoms with Gasteiger partial charge in [-0.1, -0.05) is 36.4 Å². The molecular formula is C19H22N2O5S. The highest BCUT2D eigenvalue weighted by molar-refractivity contribution is 7.92. The van der Waals surface area contributed by atoms with E-state index in [0.717, 1.165) is 5.56 Å². The molecule has 2 rings (SSSR count). The Bertz CT molecular complexity index is 897. The number of rotatable bonds is 8. The third-order valence-corrected chi connectivity index (χ3v) is 5.16. The number of esters is 1. The fraction of sp³-hybridized carbons (Fsp3) is 0.263. The highest BCUT2D eigenvalue weighted by Gasteiger charge is 2.23. The maximum atomic E-state index is 12.6. The second-order valence-corrected chi connectivity index (χ2v) is 7.84. The summed E-state index contributed by atoms with van der Waals surface area (Å²) < 4.78 is 30.5. The molecule has 0 unspecified atom stereocenters. The first-order valence-electron chi connectivity index (χ1n) is 8.38. The number of hydrogen-bond donors (Lipinski definition) is 2. The topological polar surface area (TPSA) is 102 Å². The molecular weight excluding hydrogens is 368 g/mol. The molecule has 1 amide bonds. The third kappa shape index (κ3) is 6.10. The normalized spacial score (nSPS) is 12.1. The van der Waals surface area contributed by atoms with E-state index in [1.807, 2.05) is 30.3 Å². The summed E-state index contributed by atoms with van der Waals surface area (Å²) >= 11 is 0. The summed E-state index contributed by atoms with van der Waals surface area (Å²) in [4.78, 5) is 24.6. The van der Waals surface area contributed by atoms with Gasteiger partial charge < -0.3 is 10.1 Å². The lowest BCUT2D eigenvalue weighted by Gasteiger charge is -2.17. The molecule has 0 aliphatic heterocycles. The van der Waals surface area contributed by atoms with Gasteiger partial charge in [0, 0.05) is 17.7 Å². The molecule has 0 fully saturated rings. The summed E-state index contributed by atoms with van der Waals surface area (Å²) in [5, 5.41) is 2.65. The molecule has 2 aromatic carbocycles. The number of anilines is 1. The van der Waals surface area contributed by atoms with Gasteiger partial charge in [-0.15, -0.1) is 0 Å². The zero-order valence-corrected chi connectivity index (χ0v) is 16.0. The summed E-state index contributed by atoms with van der Waals surface area (Å²) in [5.74, 6) is -1.14. The number of carbonyl (C=O) groups is 2. The Kier molecular flexibility index (Phi) is 6.95. The maximum Gasteiger partial charge on any atom is 0.328 e. The number of methoxy groups -OCH3 is 1. The molecule has 0 aliphatic rings. The van der Waals surface area contributed by atoms with Crippen LogP contribution in [-0.4, -0.2) is 39.2 Å². The second-order valence-electron chi connectivity index (χ2n) is 5.83. The van der Waals surface area contributed by atoms with Gasteiger partial charge in [-0.25, -0.2) is 13.2 Å². The molecule has 0 bridgehead atoms. The lowest BCUT2D eigenvalue weighted by Crippen LogP contribution is -2.43. The number of amides is 1. The van der Waals surface area contributed by atoms with Gasteiger partial charge in [-0.05, 0) is 30.7 Å². The van der Waals surface area contributed by atoms with Crippen LogP contribution in [0.1, 0.15) is 22.8 Å². The Labute approximate surface area is 158 Å². The van der Waals surface area contributed by atoms with Gasteiger partial charge >= 0.3 is 5.97 Å². The van der Waals surface area contributed by atoms with E-state index in [0.29, 0.717) is 0 Å². The zero-order chi connectivity index (χ0) is 19.9. The van der Waals surface area contributed by atoms with E-state index in [1.54, 1.807) is 12.1 Å². The summed E-state index contributed by atoms with van der Waals surface area (Å²) in [7, 11) is -2.20. The van der Waals surface area contributed by atoms with E-state index >= 15 is 0 Å². The van der Waals surface area contributed by atoms with E-state index in [1.165, 1.54) is 26.2 Å². The smallest absolute Gasteiger partial charge is 0.328 e. The van der Waals surface area contributed by atoms with Crippen molar-refractivity contribution < 1.29 is 22.7 Å². The minimum absolute atomic E-state index is 0.0785. The van der Waals surface area contributed by atoms with Crippen molar-refractivity contribution >= 4 is 27.6 Å². The largest absolute Gasteiger partial charge is 0.467 e. The van der Waals surface area contributed by atoms with Crippen molar-refractivity contribution in [3.8, 4) is 0 Å². The Morgan fingerprint density at radius 3 is 2.41 bits per heavy atom. The predicted molar refractivity (Wildman–Crippen MR) is 103 cm³/mol. The van der Waals surface area contributed by atoms with Gasteiger partial charge in [-0.2, -0.15) is 0 Å². The van der Waals surface area contributed by atoms with E-state index < -0.39 is 27.9 Å².